The van der Waals surface area contributed by atoms with E-state index in [1.165, 1.54) is 12.3 Å². The van der Waals surface area contributed by atoms with Crippen LogP contribution in [0.25, 0.3) is 0 Å². The molecule has 0 atom stereocenters. The molecule has 0 aliphatic rings. The fraction of sp³-hybridized carbons (Fsp3) is 0.167. The normalized spacial score (nSPS) is 9.56. The lowest BCUT2D eigenvalue weighted by Crippen LogP contribution is -1.92. The summed E-state index contributed by atoms with van der Waals surface area (Å²) in [7, 11) is 0. The van der Waals surface area contributed by atoms with Crippen molar-refractivity contribution in [2.75, 3.05) is 5.73 Å². The van der Waals surface area contributed by atoms with Crippen molar-refractivity contribution in [3.8, 4) is 0 Å². The van der Waals surface area contributed by atoms with Crippen LogP contribution < -0.4 is 5.73 Å². The minimum Gasteiger partial charge on any atom is -0.395 e. The molecule has 1 rings (SSSR count). The molecule has 2 nitrogen and oxygen atoms in total. The Morgan fingerprint density at radius 2 is 2.33 bits per heavy atom. The maximum atomic E-state index is 12.4. The SMILES string of the molecule is Cc1cc(F)c(N)cn1. The second kappa shape index (κ2) is 2.01. The van der Waals surface area contributed by atoms with Crippen LogP contribution in [0.2, 0.25) is 0 Å². The minimum atomic E-state index is -0.400. The van der Waals surface area contributed by atoms with Gasteiger partial charge in [-0.15, -0.1) is 0 Å². The van der Waals surface area contributed by atoms with Gasteiger partial charge in [-0.2, -0.15) is 0 Å². The number of hydrogen-bond donors (Lipinski definition) is 1. The third kappa shape index (κ3) is 1.16. The van der Waals surface area contributed by atoms with Gasteiger partial charge in [-0.25, -0.2) is 4.39 Å². The first-order chi connectivity index (χ1) is 4.20. The molecule has 0 spiro atoms. The van der Waals surface area contributed by atoms with Crippen LogP contribution in [0, 0.1) is 12.7 Å². The van der Waals surface area contributed by atoms with E-state index in [9.17, 15) is 4.39 Å². The Hall–Kier alpha value is -1.12. The maximum absolute atomic E-state index is 12.4. The predicted octanol–water partition coefficient (Wildman–Crippen LogP) is 1.11. The minimum absolute atomic E-state index is 0.0978. The fourth-order valence-electron chi connectivity index (χ4n) is 0.537. The van der Waals surface area contributed by atoms with Gasteiger partial charge in [0.15, 0.2) is 0 Å². The quantitative estimate of drug-likeness (QED) is 0.565. The Morgan fingerprint density at radius 1 is 1.67 bits per heavy atom. The number of nitrogen functional groups attached to an aromatic ring is 1. The molecule has 0 radical (unpaired) electrons. The monoisotopic (exact) mass is 126 g/mol. The van der Waals surface area contributed by atoms with Crippen LogP contribution in [0.4, 0.5) is 10.1 Å². The number of aryl methyl sites for hydroxylation is 1. The molecule has 0 bridgehead atoms. The topological polar surface area (TPSA) is 38.9 Å². The summed E-state index contributed by atoms with van der Waals surface area (Å²) in [5.41, 5.74) is 5.89. The standard InChI is InChI=1S/C6H7FN2/c1-4-2-5(7)6(8)3-9-4/h2-3H,8H2,1H3. The molecule has 2 N–H and O–H groups in total. The summed E-state index contributed by atoms with van der Waals surface area (Å²) in [6.07, 6.45) is 1.31. The third-order valence-corrected chi connectivity index (χ3v) is 1.02. The molecule has 48 valence electrons. The van der Waals surface area contributed by atoms with Crippen molar-refractivity contribution in [2.24, 2.45) is 0 Å². The number of aromatic nitrogens is 1. The number of anilines is 1. The number of halogens is 1. The van der Waals surface area contributed by atoms with Gasteiger partial charge >= 0.3 is 0 Å². The van der Waals surface area contributed by atoms with E-state index in [4.69, 9.17) is 5.73 Å². The van der Waals surface area contributed by atoms with E-state index >= 15 is 0 Å². The van der Waals surface area contributed by atoms with Crippen LogP contribution in [0.1, 0.15) is 5.69 Å². The van der Waals surface area contributed by atoms with Gasteiger partial charge in [-0.3, -0.25) is 4.98 Å². The molecule has 9 heavy (non-hydrogen) atoms. The largest absolute Gasteiger partial charge is 0.395 e. The number of nitrogens with two attached hydrogens (primary N) is 1. The summed E-state index contributed by atoms with van der Waals surface area (Å²) in [5.74, 6) is -0.400. The first-order valence-corrected chi connectivity index (χ1v) is 2.58. The van der Waals surface area contributed by atoms with Gasteiger partial charge in [0.1, 0.15) is 5.82 Å². The molecule has 0 aliphatic heterocycles. The molecule has 0 saturated heterocycles. The van der Waals surface area contributed by atoms with Gasteiger partial charge in [0.05, 0.1) is 11.9 Å². The van der Waals surface area contributed by atoms with Crippen LogP contribution in [0.3, 0.4) is 0 Å². The van der Waals surface area contributed by atoms with E-state index in [0.29, 0.717) is 5.69 Å². The first-order valence-electron chi connectivity index (χ1n) is 2.58. The van der Waals surface area contributed by atoms with Crippen molar-refractivity contribution in [1.29, 1.82) is 0 Å². The van der Waals surface area contributed by atoms with Crippen molar-refractivity contribution in [1.82, 2.24) is 4.98 Å². The second-order valence-corrected chi connectivity index (χ2v) is 1.85. The van der Waals surface area contributed by atoms with Crippen molar-refractivity contribution in [3.63, 3.8) is 0 Å². The van der Waals surface area contributed by atoms with Crippen LogP contribution in [0.15, 0.2) is 12.3 Å². The summed E-state index contributed by atoms with van der Waals surface area (Å²) >= 11 is 0. The zero-order valence-corrected chi connectivity index (χ0v) is 5.06. The lowest BCUT2D eigenvalue weighted by Gasteiger charge is -1.94. The Kier molecular flexibility index (Phi) is 1.34. The Morgan fingerprint density at radius 3 is 2.78 bits per heavy atom. The lowest BCUT2D eigenvalue weighted by molar-refractivity contribution is 0.628. The number of hydrogen-bond acceptors (Lipinski definition) is 2. The average molecular weight is 126 g/mol. The molecule has 1 aromatic heterocycles. The van der Waals surface area contributed by atoms with Crippen LogP contribution in [0.5, 0.6) is 0 Å². The molecule has 0 saturated carbocycles. The number of nitrogens with zero attached hydrogens (tertiary/aromatic N) is 1. The third-order valence-electron chi connectivity index (χ3n) is 1.02. The summed E-state index contributed by atoms with van der Waals surface area (Å²) in [4.78, 5) is 3.77. The Bertz CT molecular complexity index is 222. The zero-order chi connectivity index (χ0) is 6.85. The molecule has 3 heteroatoms. The first kappa shape index (κ1) is 6.01. The summed E-state index contributed by atoms with van der Waals surface area (Å²) in [6, 6.07) is 1.30. The molecule has 0 unspecified atom stereocenters. The molecule has 0 aliphatic carbocycles. The van der Waals surface area contributed by atoms with E-state index < -0.39 is 5.82 Å². The maximum Gasteiger partial charge on any atom is 0.149 e. The highest BCUT2D eigenvalue weighted by Crippen LogP contribution is 2.06. The highest BCUT2D eigenvalue weighted by Gasteiger charge is 1.95. The lowest BCUT2D eigenvalue weighted by atomic mass is 10.3. The Labute approximate surface area is 52.5 Å². The fourth-order valence-corrected chi connectivity index (χ4v) is 0.537. The molecule has 0 fully saturated rings. The van der Waals surface area contributed by atoms with E-state index in [1.807, 2.05) is 0 Å². The van der Waals surface area contributed by atoms with Gasteiger partial charge in [0.2, 0.25) is 0 Å². The number of rotatable bonds is 0. The second-order valence-electron chi connectivity index (χ2n) is 1.85. The molecule has 0 aromatic carbocycles. The summed E-state index contributed by atoms with van der Waals surface area (Å²) in [5, 5.41) is 0. The predicted molar refractivity (Wildman–Crippen MR) is 33.3 cm³/mol. The van der Waals surface area contributed by atoms with E-state index in [-0.39, 0.29) is 5.69 Å². The number of pyridine rings is 1. The molecular weight excluding hydrogens is 119 g/mol. The zero-order valence-electron chi connectivity index (χ0n) is 5.06. The molecule has 1 heterocycles. The molecule has 0 amide bonds. The van der Waals surface area contributed by atoms with Crippen LogP contribution in [-0.2, 0) is 0 Å². The van der Waals surface area contributed by atoms with Crippen molar-refractivity contribution < 1.29 is 4.39 Å². The van der Waals surface area contributed by atoms with Crippen molar-refractivity contribution in [3.05, 3.63) is 23.8 Å². The van der Waals surface area contributed by atoms with Crippen LogP contribution >= 0.6 is 0 Å². The van der Waals surface area contributed by atoms with E-state index in [1.54, 1.807) is 6.92 Å². The molecule has 1 aromatic rings. The van der Waals surface area contributed by atoms with Gasteiger partial charge < -0.3 is 5.73 Å². The highest BCUT2D eigenvalue weighted by atomic mass is 19.1. The van der Waals surface area contributed by atoms with Crippen molar-refractivity contribution in [2.45, 2.75) is 6.92 Å². The van der Waals surface area contributed by atoms with Gasteiger partial charge in [-0.05, 0) is 13.0 Å². The summed E-state index contributed by atoms with van der Waals surface area (Å²) < 4.78 is 12.4. The average Bonchev–Trinajstić information content (AvgIpc) is 1.80. The van der Waals surface area contributed by atoms with Gasteiger partial charge in [-0.1, -0.05) is 0 Å². The van der Waals surface area contributed by atoms with Gasteiger partial charge in [0, 0.05) is 5.69 Å². The highest BCUT2D eigenvalue weighted by molar-refractivity contribution is 5.36. The Balaban J connectivity index is 3.17. The smallest absolute Gasteiger partial charge is 0.149 e. The van der Waals surface area contributed by atoms with E-state index in [2.05, 4.69) is 4.98 Å². The van der Waals surface area contributed by atoms with Gasteiger partial charge in [0.25, 0.3) is 0 Å². The van der Waals surface area contributed by atoms with Crippen molar-refractivity contribution >= 4 is 5.69 Å². The van der Waals surface area contributed by atoms with Crippen LogP contribution in [-0.4, -0.2) is 4.98 Å². The molecular formula is C6H7FN2. The van der Waals surface area contributed by atoms with E-state index in [0.717, 1.165) is 0 Å². The summed E-state index contributed by atoms with van der Waals surface area (Å²) in [6.45, 7) is 1.71.